The molecule has 0 atom stereocenters. The summed E-state index contributed by atoms with van der Waals surface area (Å²) in [6, 6.07) is 3.93. The van der Waals surface area contributed by atoms with Crippen LogP contribution in [-0.4, -0.2) is 23.6 Å². The van der Waals surface area contributed by atoms with Crippen molar-refractivity contribution < 1.29 is 22.3 Å². The van der Waals surface area contributed by atoms with Gasteiger partial charge in [-0.15, -0.1) is 0 Å². The Morgan fingerprint density at radius 3 is 2.61 bits per heavy atom. The fourth-order valence-corrected chi connectivity index (χ4v) is 1.80. The number of halogens is 4. The molecule has 0 spiro atoms. The van der Waals surface area contributed by atoms with Crippen molar-refractivity contribution in [3.05, 3.63) is 35.8 Å². The van der Waals surface area contributed by atoms with Crippen molar-refractivity contribution in [2.75, 3.05) is 24.3 Å². The minimum Gasteiger partial charge on any atom is -0.497 e. The number of nitrogens with one attached hydrogen (secondary N) is 2. The summed E-state index contributed by atoms with van der Waals surface area (Å²) in [6.07, 6.45) is -3.94. The number of hydrogen-bond donors (Lipinski definition) is 2. The lowest BCUT2D eigenvalue weighted by atomic mass is 10.3. The molecule has 2 N–H and O–H groups in total. The summed E-state index contributed by atoms with van der Waals surface area (Å²) >= 11 is 0. The van der Waals surface area contributed by atoms with Crippen LogP contribution in [0.2, 0.25) is 0 Å². The maximum absolute atomic E-state index is 13.7. The lowest BCUT2D eigenvalue weighted by Crippen LogP contribution is -2.14. The van der Waals surface area contributed by atoms with Crippen LogP contribution in [0, 0.1) is 5.82 Å². The zero-order valence-corrected chi connectivity index (χ0v) is 12.3. The third-order valence-corrected chi connectivity index (χ3v) is 2.86. The smallest absolute Gasteiger partial charge is 0.421 e. The molecule has 23 heavy (non-hydrogen) atoms. The standard InChI is InChI=1S/C14H14F4N4O/c1-3-19-12-9(14(16,17)18)7-20-13(22-12)21-11-6-8(23-2)4-5-10(11)15/h4-7H,3H2,1-2H3,(H2,19,20,21,22). The number of hydrogen-bond acceptors (Lipinski definition) is 5. The summed E-state index contributed by atoms with van der Waals surface area (Å²) < 4.78 is 57.3. The molecule has 0 fully saturated rings. The molecule has 2 aromatic rings. The van der Waals surface area contributed by atoms with E-state index in [-0.39, 0.29) is 24.0 Å². The molecule has 0 amide bonds. The lowest BCUT2D eigenvalue weighted by molar-refractivity contribution is -0.137. The van der Waals surface area contributed by atoms with Gasteiger partial charge < -0.3 is 15.4 Å². The normalized spacial score (nSPS) is 11.2. The van der Waals surface area contributed by atoms with Crippen LogP contribution in [0.15, 0.2) is 24.4 Å². The van der Waals surface area contributed by atoms with Gasteiger partial charge in [0.15, 0.2) is 0 Å². The van der Waals surface area contributed by atoms with Crippen LogP contribution in [0.4, 0.5) is 35.0 Å². The molecule has 0 aliphatic heterocycles. The van der Waals surface area contributed by atoms with Gasteiger partial charge in [-0.25, -0.2) is 9.37 Å². The van der Waals surface area contributed by atoms with Gasteiger partial charge in [-0.2, -0.15) is 18.2 Å². The van der Waals surface area contributed by atoms with E-state index in [0.29, 0.717) is 11.9 Å². The molecule has 1 heterocycles. The van der Waals surface area contributed by atoms with E-state index in [1.807, 2.05) is 0 Å². The molecular weight excluding hydrogens is 316 g/mol. The third-order valence-electron chi connectivity index (χ3n) is 2.86. The minimum absolute atomic E-state index is 0.00782. The Kier molecular flexibility index (Phi) is 4.87. The molecule has 9 heteroatoms. The molecule has 1 aromatic heterocycles. The average molecular weight is 330 g/mol. The maximum atomic E-state index is 13.7. The molecule has 124 valence electrons. The fraction of sp³-hybridized carbons (Fsp3) is 0.286. The maximum Gasteiger partial charge on any atom is 0.421 e. The van der Waals surface area contributed by atoms with Gasteiger partial charge in [0.2, 0.25) is 5.95 Å². The summed E-state index contributed by atoms with van der Waals surface area (Å²) in [4.78, 5) is 7.35. The quantitative estimate of drug-likeness (QED) is 0.816. The number of methoxy groups -OCH3 is 1. The van der Waals surface area contributed by atoms with E-state index in [4.69, 9.17) is 4.74 Å². The molecule has 0 saturated heterocycles. The Hall–Kier alpha value is -2.58. The van der Waals surface area contributed by atoms with Gasteiger partial charge in [0.05, 0.1) is 12.8 Å². The van der Waals surface area contributed by atoms with E-state index in [1.54, 1.807) is 6.92 Å². The van der Waals surface area contributed by atoms with E-state index in [0.717, 1.165) is 6.07 Å². The molecule has 0 aliphatic carbocycles. The summed E-state index contributed by atoms with van der Waals surface area (Å²) in [5, 5.41) is 5.06. The SMILES string of the molecule is CCNc1nc(Nc2cc(OC)ccc2F)ncc1C(F)(F)F. The van der Waals surface area contributed by atoms with Gasteiger partial charge in [-0.3, -0.25) is 0 Å². The van der Waals surface area contributed by atoms with Crippen molar-refractivity contribution in [2.24, 2.45) is 0 Å². The summed E-state index contributed by atoms with van der Waals surface area (Å²) in [7, 11) is 1.41. The second-order valence-electron chi connectivity index (χ2n) is 4.45. The van der Waals surface area contributed by atoms with E-state index in [1.165, 1.54) is 19.2 Å². The number of aromatic nitrogens is 2. The van der Waals surface area contributed by atoms with Gasteiger partial charge in [-0.1, -0.05) is 0 Å². The van der Waals surface area contributed by atoms with Crippen molar-refractivity contribution in [1.29, 1.82) is 0 Å². The van der Waals surface area contributed by atoms with Crippen molar-refractivity contribution in [2.45, 2.75) is 13.1 Å². The van der Waals surface area contributed by atoms with Gasteiger partial charge >= 0.3 is 6.18 Å². The second kappa shape index (κ2) is 6.67. The molecule has 2 rings (SSSR count). The van der Waals surface area contributed by atoms with Gasteiger partial charge in [0.25, 0.3) is 0 Å². The van der Waals surface area contributed by atoms with Gasteiger partial charge in [0, 0.05) is 18.8 Å². The highest BCUT2D eigenvalue weighted by Gasteiger charge is 2.35. The Morgan fingerprint density at radius 1 is 1.26 bits per heavy atom. The highest BCUT2D eigenvalue weighted by molar-refractivity contribution is 5.59. The van der Waals surface area contributed by atoms with Crippen molar-refractivity contribution in [1.82, 2.24) is 9.97 Å². The Balaban J connectivity index is 2.36. The number of nitrogens with zero attached hydrogens (tertiary/aromatic N) is 2. The fourth-order valence-electron chi connectivity index (χ4n) is 1.80. The topological polar surface area (TPSA) is 59.1 Å². The first-order valence-corrected chi connectivity index (χ1v) is 6.63. The molecule has 0 bridgehead atoms. The van der Waals surface area contributed by atoms with Gasteiger partial charge in [-0.05, 0) is 19.1 Å². The zero-order chi connectivity index (χ0) is 17.0. The largest absolute Gasteiger partial charge is 0.497 e. The predicted molar refractivity (Wildman–Crippen MR) is 77.4 cm³/mol. The highest BCUT2D eigenvalue weighted by Crippen LogP contribution is 2.34. The second-order valence-corrected chi connectivity index (χ2v) is 4.45. The molecule has 0 aliphatic rings. The summed E-state index contributed by atoms with van der Waals surface area (Å²) in [5.74, 6) is -0.770. The Labute approximate surface area is 129 Å². The van der Waals surface area contributed by atoms with Crippen molar-refractivity contribution in [3.8, 4) is 5.75 Å². The number of rotatable bonds is 5. The van der Waals surface area contributed by atoms with Crippen LogP contribution in [0.3, 0.4) is 0 Å². The van der Waals surface area contributed by atoms with E-state index in [9.17, 15) is 17.6 Å². The predicted octanol–water partition coefficient (Wildman–Crippen LogP) is 3.82. The Bertz CT molecular complexity index is 691. The molecule has 0 unspecified atom stereocenters. The minimum atomic E-state index is -4.59. The van der Waals surface area contributed by atoms with Crippen LogP contribution in [-0.2, 0) is 6.18 Å². The molecule has 1 aromatic carbocycles. The van der Waals surface area contributed by atoms with E-state index < -0.39 is 17.6 Å². The summed E-state index contributed by atoms with van der Waals surface area (Å²) in [5.41, 5.74) is -0.998. The Morgan fingerprint density at radius 2 is 2.00 bits per heavy atom. The number of alkyl halides is 3. The number of anilines is 3. The molecule has 0 saturated carbocycles. The highest BCUT2D eigenvalue weighted by atomic mass is 19.4. The first-order valence-electron chi connectivity index (χ1n) is 6.63. The van der Waals surface area contributed by atoms with E-state index >= 15 is 0 Å². The van der Waals surface area contributed by atoms with Crippen molar-refractivity contribution in [3.63, 3.8) is 0 Å². The first-order chi connectivity index (χ1) is 10.8. The van der Waals surface area contributed by atoms with Crippen LogP contribution in [0.25, 0.3) is 0 Å². The number of benzene rings is 1. The van der Waals surface area contributed by atoms with Crippen LogP contribution < -0.4 is 15.4 Å². The van der Waals surface area contributed by atoms with Crippen LogP contribution >= 0.6 is 0 Å². The zero-order valence-electron chi connectivity index (χ0n) is 12.3. The van der Waals surface area contributed by atoms with Crippen LogP contribution in [0.5, 0.6) is 5.75 Å². The molecule has 5 nitrogen and oxygen atoms in total. The van der Waals surface area contributed by atoms with Gasteiger partial charge in [0.1, 0.15) is 22.9 Å². The lowest BCUT2D eigenvalue weighted by Gasteiger charge is -2.14. The average Bonchev–Trinajstić information content (AvgIpc) is 2.49. The number of ether oxygens (including phenoxy) is 1. The van der Waals surface area contributed by atoms with Crippen LogP contribution in [0.1, 0.15) is 12.5 Å². The molecular formula is C14H14F4N4O. The van der Waals surface area contributed by atoms with Crippen molar-refractivity contribution >= 4 is 17.5 Å². The monoisotopic (exact) mass is 330 g/mol. The third kappa shape index (κ3) is 3.99. The molecule has 0 radical (unpaired) electrons. The first kappa shape index (κ1) is 16.8. The summed E-state index contributed by atoms with van der Waals surface area (Å²) in [6.45, 7) is 1.88. The van der Waals surface area contributed by atoms with E-state index in [2.05, 4.69) is 20.6 Å².